The molecule has 1 aliphatic rings. The zero-order valence-electron chi connectivity index (χ0n) is 16.8. The van der Waals surface area contributed by atoms with E-state index in [2.05, 4.69) is 33.3 Å². The van der Waals surface area contributed by atoms with E-state index in [1.165, 1.54) is 25.1 Å². The summed E-state index contributed by atoms with van der Waals surface area (Å²) < 4.78 is 84.7. The van der Waals surface area contributed by atoms with Gasteiger partial charge in [-0.25, -0.2) is 35.7 Å². The molecule has 0 saturated heterocycles. The SMILES string of the molecule is C=C/C(F)=C(/CN=C1Nc2c(cc(F)c(F)c2C(C)c2ccccc2F)S(=O)(=O)N1)N=C.[HH].[HH]. The van der Waals surface area contributed by atoms with Gasteiger partial charge in [0.1, 0.15) is 16.5 Å². The van der Waals surface area contributed by atoms with Gasteiger partial charge in [-0.3, -0.25) is 4.99 Å². The van der Waals surface area contributed by atoms with E-state index in [1.54, 1.807) is 0 Å². The number of aliphatic imine (C=N–C) groups is 2. The maximum atomic E-state index is 14.9. The lowest BCUT2D eigenvalue weighted by atomic mass is 9.90. The second-order valence-electron chi connectivity index (χ2n) is 6.75. The molecule has 0 radical (unpaired) electrons. The third kappa shape index (κ3) is 4.28. The van der Waals surface area contributed by atoms with Crippen LogP contribution >= 0.6 is 0 Å². The van der Waals surface area contributed by atoms with Crippen LogP contribution in [0.15, 0.2) is 69.4 Å². The number of allylic oxidation sites excluding steroid dienone is 2. The number of fused-ring (bicyclic) bond motifs is 1. The summed E-state index contributed by atoms with van der Waals surface area (Å²) in [5, 5.41) is 2.59. The number of nitrogens with one attached hydrogen (secondary N) is 2. The molecule has 1 heterocycles. The Morgan fingerprint density at radius 1 is 1.25 bits per heavy atom. The van der Waals surface area contributed by atoms with Gasteiger partial charge in [0.05, 0.1) is 17.9 Å². The Hall–Kier alpha value is -3.47. The van der Waals surface area contributed by atoms with Crippen LogP contribution < -0.4 is 10.0 Å². The lowest BCUT2D eigenvalue weighted by molar-refractivity contribution is 0.490. The monoisotopic (exact) mass is 470 g/mol. The van der Waals surface area contributed by atoms with Gasteiger partial charge >= 0.3 is 0 Å². The quantitative estimate of drug-likeness (QED) is 0.359. The third-order valence-electron chi connectivity index (χ3n) is 4.82. The van der Waals surface area contributed by atoms with Crippen molar-refractivity contribution in [2.45, 2.75) is 17.7 Å². The van der Waals surface area contributed by atoms with Crippen molar-refractivity contribution < 1.29 is 28.8 Å². The molecule has 0 aliphatic carbocycles. The highest BCUT2D eigenvalue weighted by molar-refractivity contribution is 7.90. The van der Waals surface area contributed by atoms with Crippen LogP contribution in [0.5, 0.6) is 0 Å². The number of benzene rings is 2. The molecular weight excluding hydrogens is 448 g/mol. The number of guanidine groups is 1. The maximum absolute atomic E-state index is 14.9. The number of rotatable bonds is 6. The normalized spacial score (nSPS) is 17.5. The van der Waals surface area contributed by atoms with E-state index >= 15 is 0 Å². The van der Waals surface area contributed by atoms with Gasteiger partial charge in [0, 0.05) is 14.3 Å². The van der Waals surface area contributed by atoms with Crippen LogP contribution in [0.3, 0.4) is 0 Å². The second-order valence-corrected chi connectivity index (χ2v) is 8.41. The first-order valence-electron chi connectivity index (χ1n) is 9.19. The largest absolute Gasteiger partial charge is 0.324 e. The fraction of sp³-hybridized carbons (Fsp3) is 0.143. The van der Waals surface area contributed by atoms with E-state index in [-0.39, 0.29) is 25.8 Å². The summed E-state index contributed by atoms with van der Waals surface area (Å²) in [6.07, 6.45) is 0.879. The Morgan fingerprint density at radius 2 is 1.94 bits per heavy atom. The van der Waals surface area contributed by atoms with Gasteiger partial charge in [0.15, 0.2) is 11.6 Å². The van der Waals surface area contributed by atoms with Crippen molar-refractivity contribution in [3.8, 4) is 0 Å². The van der Waals surface area contributed by atoms with Crippen LogP contribution in [0.1, 0.15) is 26.8 Å². The molecule has 6 nitrogen and oxygen atoms in total. The van der Waals surface area contributed by atoms with Gasteiger partial charge in [-0.15, -0.1) is 0 Å². The highest BCUT2D eigenvalue weighted by Gasteiger charge is 2.34. The fourth-order valence-corrected chi connectivity index (χ4v) is 4.39. The van der Waals surface area contributed by atoms with E-state index in [0.717, 1.165) is 12.1 Å². The Kier molecular flexibility index (Phi) is 6.49. The molecular formula is C21H22F4N4O2S. The van der Waals surface area contributed by atoms with Crippen molar-refractivity contribution in [2.75, 3.05) is 11.9 Å². The van der Waals surface area contributed by atoms with Crippen molar-refractivity contribution in [3.63, 3.8) is 0 Å². The number of sulfonamides is 1. The van der Waals surface area contributed by atoms with E-state index in [4.69, 9.17) is 0 Å². The average molecular weight is 470 g/mol. The van der Waals surface area contributed by atoms with Gasteiger partial charge in [0.2, 0.25) is 5.96 Å². The van der Waals surface area contributed by atoms with Gasteiger partial charge in [-0.2, -0.15) is 0 Å². The summed E-state index contributed by atoms with van der Waals surface area (Å²) in [7, 11) is -4.38. The first-order chi connectivity index (χ1) is 15.1. The number of hydrogen-bond donors (Lipinski definition) is 2. The zero-order valence-corrected chi connectivity index (χ0v) is 17.6. The van der Waals surface area contributed by atoms with Gasteiger partial charge < -0.3 is 5.32 Å². The molecule has 2 N–H and O–H groups in total. The number of nitrogens with zero attached hydrogens (tertiary/aromatic N) is 2. The van der Waals surface area contributed by atoms with Crippen LogP contribution in [0, 0.1) is 17.5 Å². The molecule has 1 aliphatic heterocycles. The standard InChI is InChI=1S/C21H18F4N4O2S.2H2/c1-4-13(22)16(26-3)10-27-21-28-20-17(32(30,31)29-21)9-15(24)19(25)18(20)11(2)12-7-5-6-8-14(12)23;;/h4-9,11H,1,3,10H2,2H3,(H2,27,28,29);2*1H/b16-13+;;. The number of hydrogen-bond acceptors (Lipinski definition) is 4. The van der Waals surface area contributed by atoms with Gasteiger partial charge in [-0.1, -0.05) is 31.7 Å². The molecule has 0 fully saturated rings. The van der Waals surface area contributed by atoms with Gasteiger partial charge in [0.25, 0.3) is 10.0 Å². The smallest absolute Gasteiger partial charge is 0.266 e. The zero-order chi connectivity index (χ0) is 23.6. The van der Waals surface area contributed by atoms with Crippen LogP contribution in [0.25, 0.3) is 0 Å². The summed E-state index contributed by atoms with van der Waals surface area (Å²) in [4.78, 5) is 6.79. The minimum atomic E-state index is -4.38. The topological polar surface area (TPSA) is 82.9 Å². The van der Waals surface area contributed by atoms with Crippen molar-refractivity contribution in [1.82, 2.24) is 4.72 Å². The molecule has 0 amide bonds. The molecule has 0 saturated carbocycles. The van der Waals surface area contributed by atoms with E-state index in [0.29, 0.717) is 6.07 Å². The molecule has 2 aromatic carbocycles. The number of anilines is 1. The third-order valence-corrected chi connectivity index (χ3v) is 6.18. The summed E-state index contributed by atoms with van der Waals surface area (Å²) >= 11 is 0. The predicted molar refractivity (Wildman–Crippen MR) is 119 cm³/mol. The second kappa shape index (κ2) is 8.95. The summed E-state index contributed by atoms with van der Waals surface area (Å²) in [6.45, 7) is 7.45. The van der Waals surface area contributed by atoms with Crippen LogP contribution in [0.4, 0.5) is 23.2 Å². The van der Waals surface area contributed by atoms with Crippen LogP contribution in [-0.2, 0) is 10.0 Å². The lowest BCUT2D eigenvalue weighted by Crippen LogP contribution is -2.41. The molecule has 172 valence electrons. The highest BCUT2D eigenvalue weighted by Crippen LogP contribution is 2.39. The predicted octanol–water partition coefficient (Wildman–Crippen LogP) is 4.88. The highest BCUT2D eigenvalue weighted by atomic mass is 32.2. The van der Waals surface area contributed by atoms with E-state index in [1.807, 2.05) is 0 Å². The minimum absolute atomic E-state index is 0. The lowest BCUT2D eigenvalue weighted by Gasteiger charge is -2.27. The molecule has 2 aromatic rings. The summed E-state index contributed by atoms with van der Waals surface area (Å²) in [5.74, 6) is -5.69. The van der Waals surface area contributed by atoms with Crippen molar-refractivity contribution >= 4 is 28.4 Å². The number of halogens is 4. The first-order valence-corrected chi connectivity index (χ1v) is 10.7. The van der Waals surface area contributed by atoms with Crippen molar-refractivity contribution in [3.05, 3.63) is 83.1 Å². The summed E-state index contributed by atoms with van der Waals surface area (Å²) in [6, 6.07) is 6.00. The molecule has 3 rings (SSSR count). The fourth-order valence-electron chi connectivity index (χ4n) is 3.22. The Morgan fingerprint density at radius 3 is 2.56 bits per heavy atom. The van der Waals surface area contributed by atoms with Crippen molar-refractivity contribution in [2.24, 2.45) is 9.98 Å². The average Bonchev–Trinajstić information content (AvgIpc) is 2.75. The van der Waals surface area contributed by atoms with Crippen molar-refractivity contribution in [1.29, 1.82) is 0 Å². The maximum Gasteiger partial charge on any atom is 0.266 e. The molecule has 0 aromatic heterocycles. The van der Waals surface area contributed by atoms with Crippen LogP contribution in [0.2, 0.25) is 0 Å². The molecule has 1 unspecified atom stereocenters. The Bertz CT molecular complexity index is 1280. The molecule has 32 heavy (non-hydrogen) atoms. The Labute approximate surface area is 185 Å². The molecule has 0 spiro atoms. The minimum Gasteiger partial charge on any atom is -0.324 e. The first kappa shape index (κ1) is 23.2. The van der Waals surface area contributed by atoms with Crippen LogP contribution in [-0.4, -0.2) is 27.6 Å². The van der Waals surface area contributed by atoms with E-state index in [9.17, 15) is 26.0 Å². The molecule has 11 heteroatoms. The molecule has 1 atom stereocenters. The van der Waals surface area contributed by atoms with Gasteiger partial charge in [-0.05, 0) is 30.5 Å². The Balaban J connectivity index is 0.00000289. The van der Waals surface area contributed by atoms with E-state index < -0.39 is 56.2 Å². The summed E-state index contributed by atoms with van der Waals surface area (Å²) in [5.41, 5.74) is -0.898. The molecule has 0 bridgehead atoms.